The van der Waals surface area contributed by atoms with Crippen LogP contribution in [0.1, 0.15) is 53.9 Å². The number of aliphatic hydroxyl groups is 1. The molecule has 3 aromatic carbocycles. The van der Waals surface area contributed by atoms with E-state index in [2.05, 4.69) is 52.3 Å². The van der Waals surface area contributed by atoms with Crippen molar-refractivity contribution in [3.05, 3.63) is 82.9 Å². The van der Waals surface area contributed by atoms with Gasteiger partial charge in [-0.05, 0) is 104 Å². The molecule has 2 N–H and O–H groups in total. The van der Waals surface area contributed by atoms with Crippen molar-refractivity contribution in [1.29, 1.82) is 0 Å². The van der Waals surface area contributed by atoms with Gasteiger partial charge in [0.15, 0.2) is 0 Å². The van der Waals surface area contributed by atoms with Crippen molar-refractivity contribution in [3.63, 3.8) is 0 Å². The Bertz CT molecular complexity index is 1210. The molecule has 208 valence electrons. The molecule has 1 heterocycles. The minimum absolute atomic E-state index is 0.0706. The number of nitrogens with zero attached hydrogens (tertiary/aromatic N) is 2. The third-order valence-electron chi connectivity index (χ3n) is 8.23. The van der Waals surface area contributed by atoms with Crippen LogP contribution in [-0.2, 0) is 19.4 Å². The van der Waals surface area contributed by atoms with E-state index in [4.69, 9.17) is 9.47 Å². The fraction of sp³-hybridized carbons (Fsp3) is 0.455. The number of likely N-dealkylation sites (tertiary alicyclic amines) is 1. The number of ether oxygens (including phenoxy) is 2. The summed E-state index contributed by atoms with van der Waals surface area (Å²) in [4.78, 5) is 4.75. The number of methoxy groups -OCH3 is 1. The highest BCUT2D eigenvalue weighted by atomic mass is 16.5. The number of hydrogen-bond donors (Lipinski definition) is 2. The average Bonchev–Trinajstić information content (AvgIpc) is 2.98. The SMILES string of the molecule is COc1ccc(C2CCc3cc(O)ccc3C2)c(N(CCO)Cc2ccc(OCCN3CCCCC3)cc2)c1. The van der Waals surface area contributed by atoms with E-state index in [0.29, 0.717) is 31.4 Å². The number of phenolic OH excluding ortho intramolecular Hbond substituents is 1. The van der Waals surface area contributed by atoms with Crippen LogP contribution in [0.25, 0.3) is 0 Å². The molecule has 0 amide bonds. The predicted octanol–water partition coefficient (Wildman–Crippen LogP) is 5.54. The average molecular weight is 531 g/mol. The molecule has 1 aliphatic carbocycles. The number of rotatable bonds is 11. The molecule has 1 atom stereocenters. The molecule has 0 radical (unpaired) electrons. The molecule has 0 saturated carbocycles. The third-order valence-corrected chi connectivity index (χ3v) is 8.23. The van der Waals surface area contributed by atoms with Crippen molar-refractivity contribution in [2.24, 2.45) is 0 Å². The van der Waals surface area contributed by atoms with E-state index in [1.54, 1.807) is 13.2 Å². The zero-order chi connectivity index (χ0) is 27.0. The molecular formula is C33H42N2O4. The Hall–Kier alpha value is -3.22. The molecular weight excluding hydrogens is 488 g/mol. The molecule has 1 aliphatic heterocycles. The van der Waals surface area contributed by atoms with Gasteiger partial charge in [0, 0.05) is 31.4 Å². The molecule has 6 heteroatoms. The highest BCUT2D eigenvalue weighted by Gasteiger charge is 2.25. The van der Waals surface area contributed by atoms with E-state index in [0.717, 1.165) is 43.0 Å². The van der Waals surface area contributed by atoms with Crippen molar-refractivity contribution in [1.82, 2.24) is 4.90 Å². The predicted molar refractivity (Wildman–Crippen MR) is 156 cm³/mol. The number of phenols is 1. The van der Waals surface area contributed by atoms with Gasteiger partial charge in [-0.3, -0.25) is 4.90 Å². The van der Waals surface area contributed by atoms with Crippen LogP contribution in [0.15, 0.2) is 60.7 Å². The fourth-order valence-corrected chi connectivity index (χ4v) is 6.07. The molecule has 1 fully saturated rings. The lowest BCUT2D eigenvalue weighted by molar-refractivity contribution is 0.183. The lowest BCUT2D eigenvalue weighted by Gasteiger charge is -2.32. The smallest absolute Gasteiger partial charge is 0.120 e. The van der Waals surface area contributed by atoms with Gasteiger partial charge in [-0.2, -0.15) is 0 Å². The van der Waals surface area contributed by atoms with Crippen molar-refractivity contribution in [2.75, 3.05) is 51.4 Å². The highest BCUT2D eigenvalue weighted by molar-refractivity contribution is 5.60. The first-order chi connectivity index (χ1) is 19.1. The van der Waals surface area contributed by atoms with E-state index in [-0.39, 0.29) is 6.61 Å². The summed E-state index contributed by atoms with van der Waals surface area (Å²) in [7, 11) is 1.70. The fourth-order valence-electron chi connectivity index (χ4n) is 6.07. The summed E-state index contributed by atoms with van der Waals surface area (Å²) in [5, 5.41) is 19.9. The number of fused-ring (bicyclic) bond motifs is 1. The second kappa shape index (κ2) is 13.2. The van der Waals surface area contributed by atoms with Gasteiger partial charge in [0.25, 0.3) is 0 Å². The van der Waals surface area contributed by atoms with Crippen LogP contribution in [0.2, 0.25) is 0 Å². The summed E-state index contributed by atoms with van der Waals surface area (Å²) >= 11 is 0. The Labute approximate surface area is 232 Å². The minimum Gasteiger partial charge on any atom is -0.508 e. The standard InChI is InChI=1S/C33H42N2O4/c1-38-31-13-14-32(28-8-7-27-22-29(37)10-9-26(27)21-28)33(23-31)35(17-19-36)24-25-5-11-30(12-6-25)39-20-18-34-15-3-2-4-16-34/h5-6,9-14,22-23,28,36-37H,2-4,7-8,15-21,24H2,1H3. The van der Waals surface area contributed by atoms with E-state index >= 15 is 0 Å². The maximum absolute atomic E-state index is 9.99. The number of aryl methyl sites for hydroxylation is 1. The molecule has 2 aliphatic rings. The Morgan fingerprint density at radius 2 is 1.72 bits per heavy atom. The van der Waals surface area contributed by atoms with Crippen LogP contribution >= 0.6 is 0 Å². The van der Waals surface area contributed by atoms with Gasteiger partial charge in [0.1, 0.15) is 23.9 Å². The number of aliphatic hydroxyl groups excluding tert-OH is 1. The molecule has 1 unspecified atom stereocenters. The monoisotopic (exact) mass is 530 g/mol. The van der Waals surface area contributed by atoms with Crippen molar-refractivity contribution >= 4 is 5.69 Å². The molecule has 0 aromatic heterocycles. The van der Waals surface area contributed by atoms with E-state index in [1.165, 1.54) is 54.6 Å². The molecule has 5 rings (SSSR count). The van der Waals surface area contributed by atoms with Crippen molar-refractivity contribution < 1.29 is 19.7 Å². The zero-order valence-electron chi connectivity index (χ0n) is 23.1. The Morgan fingerprint density at radius 3 is 2.49 bits per heavy atom. The van der Waals surface area contributed by atoms with Gasteiger partial charge in [-0.15, -0.1) is 0 Å². The summed E-state index contributed by atoms with van der Waals surface area (Å²) in [5.74, 6) is 2.42. The summed E-state index contributed by atoms with van der Waals surface area (Å²) in [6.07, 6.45) is 6.85. The van der Waals surface area contributed by atoms with E-state index < -0.39 is 0 Å². The van der Waals surface area contributed by atoms with Gasteiger partial charge >= 0.3 is 0 Å². The lowest BCUT2D eigenvalue weighted by atomic mass is 9.79. The zero-order valence-corrected chi connectivity index (χ0v) is 23.1. The lowest BCUT2D eigenvalue weighted by Crippen LogP contribution is -2.33. The first-order valence-electron chi connectivity index (χ1n) is 14.4. The number of benzene rings is 3. The normalized spacial score (nSPS) is 17.4. The summed E-state index contributed by atoms with van der Waals surface area (Å²) in [6.45, 7) is 5.36. The number of piperidine rings is 1. The number of hydrogen-bond acceptors (Lipinski definition) is 6. The minimum atomic E-state index is 0.0706. The van der Waals surface area contributed by atoms with Crippen LogP contribution in [0.4, 0.5) is 5.69 Å². The van der Waals surface area contributed by atoms with Crippen LogP contribution in [0.3, 0.4) is 0 Å². The number of anilines is 1. The quantitative estimate of drug-likeness (QED) is 0.340. The molecule has 6 nitrogen and oxygen atoms in total. The number of aromatic hydroxyl groups is 1. The Balaban J connectivity index is 1.29. The van der Waals surface area contributed by atoms with E-state index in [1.807, 2.05) is 12.1 Å². The first-order valence-corrected chi connectivity index (χ1v) is 14.4. The summed E-state index contributed by atoms with van der Waals surface area (Å²) in [6, 6.07) is 20.5. The Morgan fingerprint density at radius 1 is 0.923 bits per heavy atom. The van der Waals surface area contributed by atoms with Crippen LogP contribution in [0.5, 0.6) is 17.2 Å². The largest absolute Gasteiger partial charge is 0.508 e. The van der Waals surface area contributed by atoms with Gasteiger partial charge in [0.05, 0.1) is 13.7 Å². The molecule has 0 spiro atoms. The molecule has 1 saturated heterocycles. The molecule has 39 heavy (non-hydrogen) atoms. The third kappa shape index (κ3) is 7.06. The maximum atomic E-state index is 9.99. The second-order valence-electron chi connectivity index (χ2n) is 10.9. The Kier molecular flexibility index (Phi) is 9.27. The maximum Gasteiger partial charge on any atom is 0.120 e. The van der Waals surface area contributed by atoms with Crippen LogP contribution < -0.4 is 14.4 Å². The molecule has 0 bridgehead atoms. The van der Waals surface area contributed by atoms with Gasteiger partial charge < -0.3 is 24.6 Å². The van der Waals surface area contributed by atoms with Crippen LogP contribution in [-0.4, -0.2) is 61.6 Å². The topological polar surface area (TPSA) is 65.4 Å². The highest BCUT2D eigenvalue weighted by Crippen LogP contribution is 2.40. The first kappa shape index (κ1) is 27.4. The van der Waals surface area contributed by atoms with Crippen LogP contribution in [0, 0.1) is 0 Å². The van der Waals surface area contributed by atoms with Gasteiger partial charge in [0.2, 0.25) is 0 Å². The second-order valence-corrected chi connectivity index (χ2v) is 10.9. The van der Waals surface area contributed by atoms with Crippen molar-refractivity contribution in [3.8, 4) is 17.2 Å². The molecule has 3 aromatic rings. The summed E-state index contributed by atoms with van der Waals surface area (Å²) in [5.41, 5.74) is 6.10. The van der Waals surface area contributed by atoms with E-state index in [9.17, 15) is 10.2 Å². The van der Waals surface area contributed by atoms with Crippen molar-refractivity contribution in [2.45, 2.75) is 51.0 Å². The van der Waals surface area contributed by atoms with Gasteiger partial charge in [-0.1, -0.05) is 30.7 Å². The van der Waals surface area contributed by atoms with Gasteiger partial charge in [-0.25, -0.2) is 0 Å². The summed E-state index contributed by atoms with van der Waals surface area (Å²) < 4.78 is 11.6.